The molecule has 0 saturated carbocycles. The van der Waals surface area contributed by atoms with Gasteiger partial charge in [-0.2, -0.15) is 0 Å². The zero-order valence-corrected chi connectivity index (χ0v) is 8.28. The fourth-order valence-electron chi connectivity index (χ4n) is 1.62. The molecule has 2 N–H and O–H groups in total. The number of rotatable bonds is 2. The lowest BCUT2D eigenvalue weighted by atomic mass is 10.1. The number of amides is 2. The summed E-state index contributed by atoms with van der Waals surface area (Å²) in [5.41, 5.74) is 1.17. The molecule has 1 aliphatic rings. The number of hydrogen-bond donors (Lipinski definition) is 2. The van der Waals surface area contributed by atoms with Crippen molar-refractivity contribution in [2.24, 2.45) is 0 Å². The molecule has 6 heteroatoms. The molecule has 0 saturated heterocycles. The number of urea groups is 1. The van der Waals surface area contributed by atoms with Crippen molar-refractivity contribution < 1.29 is 18.7 Å². The fraction of sp³-hybridized carbons (Fsp3) is 0.300. The molecular weight excluding hydrogens is 218 g/mol. The van der Waals surface area contributed by atoms with E-state index in [2.05, 4.69) is 5.32 Å². The Morgan fingerprint density at radius 1 is 1.50 bits per heavy atom. The van der Waals surface area contributed by atoms with Gasteiger partial charge in [0.15, 0.2) is 0 Å². The smallest absolute Gasteiger partial charge is 0.322 e. The van der Waals surface area contributed by atoms with Gasteiger partial charge in [-0.25, -0.2) is 13.6 Å². The SMILES string of the molecule is O=C1Nc2ccc(O)cc2CN1CC(F)F. The number of phenolic OH excluding ortho intramolecular Hbond substituents is 1. The van der Waals surface area contributed by atoms with Crippen LogP contribution in [0.2, 0.25) is 0 Å². The van der Waals surface area contributed by atoms with Crippen LogP contribution < -0.4 is 5.32 Å². The van der Waals surface area contributed by atoms with Gasteiger partial charge in [-0.15, -0.1) is 0 Å². The molecule has 0 atom stereocenters. The summed E-state index contributed by atoms with van der Waals surface area (Å²) in [6.45, 7) is -0.527. The maximum atomic E-state index is 12.2. The van der Waals surface area contributed by atoms with E-state index in [-0.39, 0.29) is 12.3 Å². The number of carbonyl (C=O) groups is 1. The number of nitrogens with zero attached hydrogens (tertiary/aromatic N) is 1. The van der Waals surface area contributed by atoms with Crippen molar-refractivity contribution in [3.05, 3.63) is 23.8 Å². The van der Waals surface area contributed by atoms with E-state index in [9.17, 15) is 18.7 Å². The fourth-order valence-corrected chi connectivity index (χ4v) is 1.62. The number of nitrogens with one attached hydrogen (secondary N) is 1. The van der Waals surface area contributed by atoms with E-state index < -0.39 is 19.0 Å². The normalized spacial score (nSPS) is 14.9. The number of alkyl halides is 2. The number of carbonyl (C=O) groups excluding carboxylic acids is 1. The van der Waals surface area contributed by atoms with Crippen LogP contribution in [-0.2, 0) is 6.54 Å². The molecule has 0 fully saturated rings. The summed E-state index contributed by atoms with van der Waals surface area (Å²) in [5.74, 6) is 0.0481. The second-order valence-corrected chi connectivity index (χ2v) is 3.54. The Balaban J connectivity index is 2.22. The van der Waals surface area contributed by atoms with Gasteiger partial charge in [0.2, 0.25) is 0 Å². The monoisotopic (exact) mass is 228 g/mol. The minimum absolute atomic E-state index is 0.0481. The minimum atomic E-state index is -2.57. The third-order valence-corrected chi connectivity index (χ3v) is 2.34. The number of halogens is 2. The topological polar surface area (TPSA) is 52.6 Å². The van der Waals surface area contributed by atoms with Crippen molar-refractivity contribution in [1.82, 2.24) is 4.90 Å². The first-order valence-electron chi connectivity index (χ1n) is 4.72. The number of hydrogen-bond acceptors (Lipinski definition) is 2. The van der Waals surface area contributed by atoms with E-state index in [4.69, 9.17) is 0 Å². The zero-order valence-electron chi connectivity index (χ0n) is 8.28. The second kappa shape index (κ2) is 3.96. The molecule has 1 aromatic rings. The van der Waals surface area contributed by atoms with Gasteiger partial charge in [0.25, 0.3) is 6.43 Å². The summed E-state index contributed by atoms with van der Waals surface area (Å²) < 4.78 is 24.4. The maximum absolute atomic E-state index is 12.2. The molecule has 0 aliphatic carbocycles. The molecular formula is C10H10F2N2O2. The third kappa shape index (κ3) is 2.05. The predicted molar refractivity (Wildman–Crippen MR) is 53.5 cm³/mol. The number of fused-ring (bicyclic) bond motifs is 1. The number of anilines is 1. The summed E-state index contributed by atoms with van der Waals surface area (Å²) in [4.78, 5) is 12.4. The van der Waals surface area contributed by atoms with Crippen LogP contribution in [0.1, 0.15) is 5.56 Å². The predicted octanol–water partition coefficient (Wildman–Crippen LogP) is 2.00. The third-order valence-electron chi connectivity index (χ3n) is 2.34. The van der Waals surface area contributed by atoms with Crippen LogP contribution in [-0.4, -0.2) is 29.0 Å². The highest BCUT2D eigenvalue weighted by Gasteiger charge is 2.24. The Morgan fingerprint density at radius 3 is 2.94 bits per heavy atom. The van der Waals surface area contributed by atoms with E-state index >= 15 is 0 Å². The van der Waals surface area contributed by atoms with Gasteiger partial charge in [-0.3, -0.25) is 0 Å². The largest absolute Gasteiger partial charge is 0.508 e. The lowest BCUT2D eigenvalue weighted by molar-refractivity contribution is 0.0986. The van der Waals surface area contributed by atoms with Crippen LogP contribution in [0.25, 0.3) is 0 Å². The maximum Gasteiger partial charge on any atom is 0.322 e. The second-order valence-electron chi connectivity index (χ2n) is 3.54. The molecule has 4 nitrogen and oxygen atoms in total. The molecule has 2 rings (SSSR count). The number of benzene rings is 1. The van der Waals surface area contributed by atoms with Crippen molar-refractivity contribution in [2.75, 3.05) is 11.9 Å². The first kappa shape index (κ1) is 10.7. The first-order valence-corrected chi connectivity index (χ1v) is 4.72. The van der Waals surface area contributed by atoms with E-state index in [1.54, 1.807) is 6.07 Å². The lowest BCUT2D eigenvalue weighted by Crippen LogP contribution is -2.41. The molecule has 0 aromatic heterocycles. The summed E-state index contributed by atoms with van der Waals surface area (Å²) >= 11 is 0. The standard InChI is InChI=1S/C10H10F2N2O2/c11-9(12)5-14-4-6-3-7(15)1-2-8(6)13-10(14)16/h1-3,9,15H,4-5H2,(H,13,16). The van der Waals surface area contributed by atoms with Crippen molar-refractivity contribution in [1.29, 1.82) is 0 Å². The van der Waals surface area contributed by atoms with Gasteiger partial charge in [0.1, 0.15) is 5.75 Å². The molecule has 1 aliphatic heterocycles. The summed E-state index contributed by atoms with van der Waals surface area (Å²) in [7, 11) is 0. The van der Waals surface area contributed by atoms with E-state index in [0.717, 1.165) is 4.90 Å². The average molecular weight is 228 g/mol. The summed E-state index contributed by atoms with van der Waals surface area (Å²) in [6.07, 6.45) is -2.57. The van der Waals surface area contributed by atoms with Gasteiger partial charge in [-0.1, -0.05) is 0 Å². The summed E-state index contributed by atoms with van der Waals surface area (Å²) in [6, 6.07) is 3.88. The van der Waals surface area contributed by atoms with Crippen molar-refractivity contribution in [3.63, 3.8) is 0 Å². The van der Waals surface area contributed by atoms with E-state index in [1.165, 1.54) is 12.1 Å². The highest BCUT2D eigenvalue weighted by Crippen LogP contribution is 2.26. The van der Waals surface area contributed by atoms with Crippen molar-refractivity contribution in [3.8, 4) is 5.75 Å². The lowest BCUT2D eigenvalue weighted by Gasteiger charge is -2.29. The van der Waals surface area contributed by atoms with Gasteiger partial charge in [0.05, 0.1) is 6.54 Å². The van der Waals surface area contributed by atoms with Crippen LogP contribution in [0.3, 0.4) is 0 Å². The van der Waals surface area contributed by atoms with Crippen molar-refractivity contribution >= 4 is 11.7 Å². The Labute approximate surface area is 90.5 Å². The minimum Gasteiger partial charge on any atom is -0.508 e. The van der Waals surface area contributed by atoms with Crippen LogP contribution in [0, 0.1) is 0 Å². The van der Waals surface area contributed by atoms with Gasteiger partial charge in [0, 0.05) is 12.2 Å². The number of phenols is 1. The van der Waals surface area contributed by atoms with Crippen LogP contribution in [0.4, 0.5) is 19.3 Å². The average Bonchev–Trinajstić information content (AvgIpc) is 2.19. The molecule has 0 bridgehead atoms. The highest BCUT2D eigenvalue weighted by molar-refractivity contribution is 5.92. The Morgan fingerprint density at radius 2 is 2.25 bits per heavy atom. The van der Waals surface area contributed by atoms with Gasteiger partial charge < -0.3 is 15.3 Å². The Bertz CT molecular complexity index is 423. The van der Waals surface area contributed by atoms with Crippen LogP contribution >= 0.6 is 0 Å². The zero-order chi connectivity index (χ0) is 11.7. The Kier molecular flexibility index (Phi) is 2.64. The molecule has 2 amide bonds. The number of aromatic hydroxyl groups is 1. The van der Waals surface area contributed by atoms with Crippen LogP contribution in [0.15, 0.2) is 18.2 Å². The van der Waals surface area contributed by atoms with E-state index in [0.29, 0.717) is 11.3 Å². The molecule has 1 aromatic carbocycles. The van der Waals surface area contributed by atoms with Gasteiger partial charge in [-0.05, 0) is 23.8 Å². The Hall–Kier alpha value is -1.85. The first-order chi connectivity index (χ1) is 7.56. The van der Waals surface area contributed by atoms with Gasteiger partial charge >= 0.3 is 6.03 Å². The van der Waals surface area contributed by atoms with E-state index in [1.807, 2.05) is 0 Å². The molecule has 0 radical (unpaired) electrons. The summed E-state index contributed by atoms with van der Waals surface area (Å²) in [5, 5.41) is 11.7. The molecule has 0 unspecified atom stereocenters. The highest BCUT2D eigenvalue weighted by atomic mass is 19.3. The molecule has 86 valence electrons. The van der Waals surface area contributed by atoms with Crippen molar-refractivity contribution in [2.45, 2.75) is 13.0 Å². The van der Waals surface area contributed by atoms with Crippen LogP contribution in [0.5, 0.6) is 5.75 Å². The molecule has 1 heterocycles. The quantitative estimate of drug-likeness (QED) is 0.761. The molecule has 16 heavy (non-hydrogen) atoms. The molecule has 0 spiro atoms.